The molecule has 0 saturated heterocycles. The average Bonchev–Trinajstić information content (AvgIpc) is 2.61. The highest BCUT2D eigenvalue weighted by atomic mass is 32.2. The topological polar surface area (TPSA) is 30.0 Å². The summed E-state index contributed by atoms with van der Waals surface area (Å²) in [5.41, 5.74) is 0.774. The van der Waals surface area contributed by atoms with E-state index in [0.29, 0.717) is 6.42 Å². The quantitative estimate of drug-likeness (QED) is 0.824. The number of carbonyl (C=O) groups excluding carboxylic acids is 1. The lowest BCUT2D eigenvalue weighted by atomic mass is 10.0. The Morgan fingerprint density at radius 3 is 2.94 bits per heavy atom. The van der Waals surface area contributed by atoms with Crippen LogP contribution in [0.4, 0.5) is 0 Å². The van der Waals surface area contributed by atoms with Crippen LogP contribution in [-0.2, 0) is 12.2 Å². The molecule has 0 atom stereocenters. The van der Waals surface area contributed by atoms with Gasteiger partial charge in [-0.05, 0) is 24.5 Å². The zero-order valence-electron chi connectivity index (χ0n) is 9.78. The Bertz CT molecular complexity index is 384. The molecule has 4 heteroatoms. The Morgan fingerprint density at radius 1 is 1.44 bits per heavy atom. The van der Waals surface area contributed by atoms with Crippen LogP contribution >= 0.6 is 23.1 Å². The number of thioether (sulfide) groups is 1. The standard InChI is InChI=1S/C12H17NOS2/c1-8(2)6-15-7-11-13-12-9(14)4-3-5-10(12)16-11/h8H,3-7H2,1-2H3. The second kappa shape index (κ2) is 5.32. The van der Waals surface area contributed by atoms with Crippen LogP contribution in [0.1, 0.15) is 47.1 Å². The summed E-state index contributed by atoms with van der Waals surface area (Å²) in [5, 5.41) is 1.13. The largest absolute Gasteiger partial charge is 0.292 e. The summed E-state index contributed by atoms with van der Waals surface area (Å²) in [6.45, 7) is 4.45. The molecule has 2 nitrogen and oxygen atoms in total. The van der Waals surface area contributed by atoms with Crippen molar-refractivity contribution in [2.75, 3.05) is 5.75 Å². The summed E-state index contributed by atoms with van der Waals surface area (Å²) in [6, 6.07) is 0. The van der Waals surface area contributed by atoms with E-state index in [0.717, 1.165) is 41.0 Å². The number of thiazole rings is 1. The Labute approximate surface area is 105 Å². The van der Waals surface area contributed by atoms with Crippen molar-refractivity contribution < 1.29 is 4.79 Å². The van der Waals surface area contributed by atoms with Gasteiger partial charge in [-0.3, -0.25) is 4.79 Å². The van der Waals surface area contributed by atoms with Gasteiger partial charge in [-0.2, -0.15) is 11.8 Å². The molecule has 0 aromatic carbocycles. The van der Waals surface area contributed by atoms with E-state index in [1.165, 1.54) is 4.88 Å². The highest BCUT2D eigenvalue weighted by Gasteiger charge is 2.21. The molecule has 0 spiro atoms. The van der Waals surface area contributed by atoms with E-state index >= 15 is 0 Å². The number of fused-ring (bicyclic) bond motifs is 1. The van der Waals surface area contributed by atoms with Crippen molar-refractivity contribution in [1.29, 1.82) is 0 Å². The molecule has 0 fully saturated rings. The first-order valence-electron chi connectivity index (χ1n) is 5.76. The molecule has 0 N–H and O–H groups in total. The van der Waals surface area contributed by atoms with E-state index in [9.17, 15) is 4.79 Å². The number of ketones is 1. The molecular formula is C12H17NOS2. The summed E-state index contributed by atoms with van der Waals surface area (Å²) in [4.78, 5) is 17.3. The van der Waals surface area contributed by atoms with Crippen molar-refractivity contribution in [3.63, 3.8) is 0 Å². The van der Waals surface area contributed by atoms with Gasteiger partial charge >= 0.3 is 0 Å². The number of aryl methyl sites for hydroxylation is 1. The second-order valence-electron chi connectivity index (χ2n) is 4.57. The van der Waals surface area contributed by atoms with Crippen LogP contribution in [0.25, 0.3) is 0 Å². The van der Waals surface area contributed by atoms with Crippen LogP contribution in [-0.4, -0.2) is 16.5 Å². The Balaban J connectivity index is 1.98. The van der Waals surface area contributed by atoms with Crippen molar-refractivity contribution in [2.45, 2.75) is 38.9 Å². The van der Waals surface area contributed by atoms with Gasteiger partial charge in [-0.15, -0.1) is 11.3 Å². The predicted octanol–water partition coefficient (Wildman–Crippen LogP) is 3.55. The minimum atomic E-state index is 0.248. The number of rotatable bonds is 4. The molecule has 0 aliphatic heterocycles. The molecule has 0 unspecified atom stereocenters. The fourth-order valence-electron chi connectivity index (χ4n) is 1.76. The van der Waals surface area contributed by atoms with Gasteiger partial charge in [0.1, 0.15) is 10.7 Å². The Morgan fingerprint density at radius 2 is 2.25 bits per heavy atom. The Kier molecular flexibility index (Phi) is 4.03. The van der Waals surface area contributed by atoms with E-state index in [1.54, 1.807) is 11.3 Å². The van der Waals surface area contributed by atoms with Crippen molar-refractivity contribution in [1.82, 2.24) is 4.98 Å². The number of carbonyl (C=O) groups is 1. The number of nitrogens with zero attached hydrogens (tertiary/aromatic N) is 1. The molecule has 1 aliphatic rings. The third kappa shape index (κ3) is 2.86. The monoisotopic (exact) mass is 255 g/mol. The lowest BCUT2D eigenvalue weighted by Gasteiger charge is -2.06. The summed E-state index contributed by atoms with van der Waals surface area (Å²) < 4.78 is 0. The smallest absolute Gasteiger partial charge is 0.182 e. The summed E-state index contributed by atoms with van der Waals surface area (Å²) in [7, 11) is 0. The zero-order valence-corrected chi connectivity index (χ0v) is 11.4. The third-order valence-electron chi connectivity index (χ3n) is 2.49. The first kappa shape index (κ1) is 12.1. The second-order valence-corrected chi connectivity index (χ2v) is 6.76. The van der Waals surface area contributed by atoms with Crippen molar-refractivity contribution >= 4 is 28.9 Å². The fourth-order valence-corrected chi connectivity index (χ4v) is 4.00. The van der Waals surface area contributed by atoms with Crippen LogP contribution in [0.15, 0.2) is 0 Å². The maximum Gasteiger partial charge on any atom is 0.182 e. The molecule has 0 saturated carbocycles. The molecule has 16 heavy (non-hydrogen) atoms. The number of hydrogen-bond donors (Lipinski definition) is 0. The third-order valence-corrected chi connectivity index (χ3v) is 5.17. The van der Waals surface area contributed by atoms with Gasteiger partial charge in [0.15, 0.2) is 5.78 Å². The molecule has 2 rings (SSSR count). The molecule has 1 heterocycles. The van der Waals surface area contributed by atoms with Gasteiger partial charge in [-0.1, -0.05) is 13.8 Å². The lowest BCUT2D eigenvalue weighted by molar-refractivity contribution is 0.0968. The molecule has 0 bridgehead atoms. The van der Waals surface area contributed by atoms with Gasteiger partial charge in [0.05, 0.1) is 0 Å². The van der Waals surface area contributed by atoms with Crippen LogP contribution in [0, 0.1) is 5.92 Å². The summed E-state index contributed by atoms with van der Waals surface area (Å²) in [6.07, 6.45) is 2.75. The van der Waals surface area contributed by atoms with Crippen molar-refractivity contribution in [3.05, 3.63) is 15.6 Å². The lowest BCUT2D eigenvalue weighted by Crippen LogP contribution is -2.08. The zero-order chi connectivity index (χ0) is 11.5. The van der Waals surface area contributed by atoms with Gasteiger partial charge in [-0.25, -0.2) is 4.98 Å². The minimum absolute atomic E-state index is 0.248. The van der Waals surface area contributed by atoms with E-state index < -0.39 is 0 Å². The van der Waals surface area contributed by atoms with Crippen LogP contribution in [0.2, 0.25) is 0 Å². The van der Waals surface area contributed by atoms with E-state index in [4.69, 9.17) is 0 Å². The normalized spacial score (nSPS) is 15.6. The van der Waals surface area contributed by atoms with E-state index in [-0.39, 0.29) is 5.78 Å². The SMILES string of the molecule is CC(C)CSCc1nc2c(s1)CCCC2=O. The molecule has 0 radical (unpaired) electrons. The van der Waals surface area contributed by atoms with Crippen LogP contribution < -0.4 is 0 Å². The molecule has 88 valence electrons. The first-order valence-corrected chi connectivity index (χ1v) is 7.73. The van der Waals surface area contributed by atoms with Crippen molar-refractivity contribution in [3.8, 4) is 0 Å². The van der Waals surface area contributed by atoms with E-state index in [1.807, 2.05) is 11.8 Å². The molecule has 1 aromatic heterocycles. The van der Waals surface area contributed by atoms with Gasteiger partial charge in [0.25, 0.3) is 0 Å². The molecular weight excluding hydrogens is 238 g/mol. The van der Waals surface area contributed by atoms with Crippen LogP contribution in [0.5, 0.6) is 0 Å². The highest BCUT2D eigenvalue weighted by Crippen LogP contribution is 2.29. The maximum absolute atomic E-state index is 11.6. The minimum Gasteiger partial charge on any atom is -0.292 e. The summed E-state index contributed by atoms with van der Waals surface area (Å²) >= 11 is 3.65. The van der Waals surface area contributed by atoms with Crippen LogP contribution in [0.3, 0.4) is 0 Å². The molecule has 0 amide bonds. The fraction of sp³-hybridized carbons (Fsp3) is 0.667. The number of Topliss-reactive ketones (excluding diaryl/α,β-unsaturated/α-hetero) is 1. The average molecular weight is 255 g/mol. The van der Waals surface area contributed by atoms with Gasteiger partial charge in [0, 0.05) is 17.1 Å². The number of aromatic nitrogens is 1. The van der Waals surface area contributed by atoms with Gasteiger partial charge in [0.2, 0.25) is 0 Å². The predicted molar refractivity (Wildman–Crippen MR) is 70.4 cm³/mol. The molecule has 1 aromatic rings. The van der Waals surface area contributed by atoms with E-state index in [2.05, 4.69) is 18.8 Å². The first-order chi connectivity index (χ1) is 7.66. The summed E-state index contributed by atoms with van der Waals surface area (Å²) in [5.74, 6) is 3.10. The highest BCUT2D eigenvalue weighted by molar-refractivity contribution is 7.98. The Hall–Kier alpha value is -0.350. The maximum atomic E-state index is 11.6. The van der Waals surface area contributed by atoms with Crippen molar-refractivity contribution in [2.24, 2.45) is 5.92 Å². The molecule has 1 aliphatic carbocycles. The number of hydrogen-bond acceptors (Lipinski definition) is 4. The van der Waals surface area contributed by atoms with Gasteiger partial charge < -0.3 is 0 Å².